The molecule has 0 unspecified atom stereocenters. The zero-order valence-electron chi connectivity index (χ0n) is 21.5. The van der Waals surface area contributed by atoms with E-state index in [1.54, 1.807) is 19.2 Å². The molecule has 0 saturated heterocycles. The van der Waals surface area contributed by atoms with Gasteiger partial charge in [-0.15, -0.1) is 0 Å². The Morgan fingerprint density at radius 1 is 1.08 bits per heavy atom. The lowest BCUT2D eigenvalue weighted by Gasteiger charge is -2.42. The molecule has 1 aliphatic rings. The average molecular weight is 503 g/mol. The Hall–Kier alpha value is -3.29. The molecule has 0 aliphatic carbocycles. The Morgan fingerprint density at radius 3 is 2.19 bits per heavy atom. The first-order chi connectivity index (χ1) is 16.5. The molecule has 1 heterocycles. The molecule has 1 atom stereocenters. The quantitative estimate of drug-likeness (QED) is 0.433. The summed E-state index contributed by atoms with van der Waals surface area (Å²) in [5, 5.41) is 12.1. The summed E-state index contributed by atoms with van der Waals surface area (Å²) in [4.78, 5) is 25.7. The summed E-state index contributed by atoms with van der Waals surface area (Å²) in [6, 6.07) is 9.66. The first-order valence-corrected chi connectivity index (χ1v) is 11.9. The highest BCUT2D eigenvalue weighted by molar-refractivity contribution is 5.97. The molecule has 3 rings (SSSR count). The van der Waals surface area contributed by atoms with Gasteiger partial charge in [-0.05, 0) is 78.1 Å². The molecule has 0 spiro atoms. The van der Waals surface area contributed by atoms with Gasteiger partial charge in [-0.25, -0.2) is 9.59 Å². The fraction of sp³-hybridized carbons (Fsp3) is 0.429. The van der Waals surface area contributed by atoms with E-state index in [0.717, 1.165) is 11.6 Å². The number of benzene rings is 2. The fourth-order valence-electron chi connectivity index (χ4n) is 4.47. The van der Waals surface area contributed by atoms with E-state index in [2.05, 4.69) is 5.32 Å². The highest BCUT2D eigenvalue weighted by Gasteiger charge is 2.42. The molecule has 194 valence electrons. The molecule has 0 bridgehead atoms. The van der Waals surface area contributed by atoms with E-state index in [1.807, 2.05) is 34.6 Å². The van der Waals surface area contributed by atoms with Gasteiger partial charge in [0.1, 0.15) is 0 Å². The van der Waals surface area contributed by atoms with Crippen LogP contribution in [-0.2, 0) is 18.1 Å². The molecule has 2 aromatic rings. The Morgan fingerprint density at radius 2 is 1.69 bits per heavy atom. The second-order valence-electron chi connectivity index (χ2n) is 10.9. The number of hydrogen-bond acceptors (Lipinski definition) is 2. The van der Waals surface area contributed by atoms with Crippen molar-refractivity contribution in [3.63, 3.8) is 0 Å². The summed E-state index contributed by atoms with van der Waals surface area (Å²) < 4.78 is 42.3. The highest BCUT2D eigenvalue weighted by atomic mass is 19.4. The molecular weight excluding hydrogens is 469 g/mol. The first-order valence-electron chi connectivity index (χ1n) is 11.9. The van der Waals surface area contributed by atoms with Gasteiger partial charge < -0.3 is 10.4 Å². The predicted octanol–water partition coefficient (Wildman–Crippen LogP) is 7.37. The van der Waals surface area contributed by atoms with E-state index >= 15 is 0 Å². The second kappa shape index (κ2) is 9.64. The molecule has 0 radical (unpaired) electrons. The van der Waals surface area contributed by atoms with Crippen molar-refractivity contribution in [2.75, 3.05) is 4.90 Å². The molecule has 0 fully saturated rings. The molecule has 2 aromatic carbocycles. The Bertz CT molecular complexity index is 1180. The second-order valence-corrected chi connectivity index (χ2v) is 10.9. The van der Waals surface area contributed by atoms with Crippen molar-refractivity contribution in [3.8, 4) is 0 Å². The number of nitrogens with zero attached hydrogens (tertiary/aromatic N) is 1. The fourth-order valence-corrected chi connectivity index (χ4v) is 4.47. The zero-order valence-corrected chi connectivity index (χ0v) is 21.5. The highest BCUT2D eigenvalue weighted by Crippen LogP contribution is 2.42. The lowest BCUT2D eigenvalue weighted by atomic mass is 9.77. The third-order valence-electron chi connectivity index (χ3n) is 6.57. The average Bonchev–Trinajstić information content (AvgIpc) is 2.76. The van der Waals surface area contributed by atoms with Crippen LogP contribution in [0.5, 0.6) is 0 Å². The van der Waals surface area contributed by atoms with Crippen LogP contribution < -0.4 is 10.2 Å². The minimum absolute atomic E-state index is 0.0836. The number of anilines is 1. The van der Waals surface area contributed by atoms with Crippen molar-refractivity contribution in [2.24, 2.45) is 11.3 Å². The maximum absolute atomic E-state index is 14.1. The van der Waals surface area contributed by atoms with Crippen LogP contribution in [-0.4, -0.2) is 17.1 Å². The minimum Gasteiger partial charge on any atom is -0.478 e. The molecule has 8 heteroatoms. The van der Waals surface area contributed by atoms with Gasteiger partial charge in [-0.1, -0.05) is 46.8 Å². The largest absolute Gasteiger partial charge is 0.478 e. The number of carbonyl (C=O) groups is 2. The van der Waals surface area contributed by atoms with Crippen molar-refractivity contribution in [2.45, 2.75) is 66.1 Å². The van der Waals surface area contributed by atoms with E-state index in [0.29, 0.717) is 24.1 Å². The smallest absolute Gasteiger partial charge is 0.416 e. The van der Waals surface area contributed by atoms with Gasteiger partial charge in [0.15, 0.2) is 0 Å². The Kier molecular flexibility index (Phi) is 7.31. The zero-order chi connectivity index (χ0) is 27.1. The maximum Gasteiger partial charge on any atom is 0.416 e. The number of carboxylic acid groups (broad SMARTS) is 1. The summed E-state index contributed by atoms with van der Waals surface area (Å²) in [5.41, 5.74) is -0.109. The Balaban J connectivity index is 2.07. The molecule has 1 aliphatic heterocycles. The number of aromatic carboxylic acids is 1. The number of carboxylic acids is 1. The van der Waals surface area contributed by atoms with Crippen molar-refractivity contribution >= 4 is 17.7 Å². The van der Waals surface area contributed by atoms with E-state index in [9.17, 15) is 22.8 Å². The summed E-state index contributed by atoms with van der Waals surface area (Å²) >= 11 is 0. The van der Waals surface area contributed by atoms with Gasteiger partial charge in [0, 0.05) is 6.20 Å². The number of carbonyl (C=O) groups excluding carboxylic acids is 1. The molecule has 5 nitrogen and oxygen atoms in total. The van der Waals surface area contributed by atoms with Crippen molar-refractivity contribution in [1.82, 2.24) is 5.32 Å². The Labute approximate surface area is 210 Å². The number of aryl methyl sites for hydroxylation is 1. The van der Waals surface area contributed by atoms with Gasteiger partial charge in [0.05, 0.1) is 22.4 Å². The SMILES string of the molecule is CC(C)C1=CN(c2ccc(C(=O)O)cc2)C(=O)N[C@@]1(C)c1ccc(CCC(C)(C)C)c(C(F)(F)F)c1. The third kappa shape index (κ3) is 5.74. The topological polar surface area (TPSA) is 69.6 Å². The van der Waals surface area contributed by atoms with Gasteiger partial charge in [0.2, 0.25) is 0 Å². The van der Waals surface area contributed by atoms with Crippen LogP contribution in [0.4, 0.5) is 23.7 Å². The number of halogens is 3. The van der Waals surface area contributed by atoms with E-state index < -0.39 is 29.3 Å². The van der Waals surface area contributed by atoms with Crippen LogP contribution in [0.25, 0.3) is 0 Å². The number of amides is 2. The molecule has 2 N–H and O–H groups in total. The van der Waals surface area contributed by atoms with Crippen molar-refractivity contribution in [1.29, 1.82) is 0 Å². The molecule has 0 saturated carbocycles. The summed E-state index contributed by atoms with van der Waals surface area (Å²) in [7, 11) is 0. The van der Waals surface area contributed by atoms with E-state index in [-0.39, 0.29) is 22.5 Å². The minimum atomic E-state index is -4.53. The summed E-state index contributed by atoms with van der Waals surface area (Å²) in [5.74, 6) is -1.19. The lowest BCUT2D eigenvalue weighted by Crippen LogP contribution is -2.55. The molecule has 2 amide bonds. The van der Waals surface area contributed by atoms with Crippen LogP contribution in [0.1, 0.15) is 75.0 Å². The molecular formula is C28H33F3N2O3. The van der Waals surface area contributed by atoms with Crippen molar-refractivity contribution in [3.05, 3.63) is 76.5 Å². The number of alkyl halides is 3. The number of nitrogens with one attached hydrogen (secondary N) is 1. The standard InChI is InChI=1S/C28H33F3N2O3/c1-17(2)23-16-33(21-11-8-19(9-12-21)24(34)35)25(36)32-27(23,6)20-10-7-18(13-14-26(3,4)5)22(15-20)28(29,30)31/h7-12,15-17H,13-14H2,1-6H3,(H,32,36)(H,34,35)/t27-/m0/s1. The predicted molar refractivity (Wildman–Crippen MR) is 134 cm³/mol. The van der Waals surface area contributed by atoms with E-state index in [4.69, 9.17) is 5.11 Å². The van der Waals surface area contributed by atoms with Crippen molar-refractivity contribution < 1.29 is 27.9 Å². The van der Waals surface area contributed by atoms with Gasteiger partial charge >= 0.3 is 18.2 Å². The maximum atomic E-state index is 14.1. The summed E-state index contributed by atoms with van der Waals surface area (Å²) in [6.45, 7) is 11.5. The number of rotatable bonds is 6. The number of hydrogen-bond donors (Lipinski definition) is 2. The monoisotopic (exact) mass is 502 g/mol. The van der Waals surface area contributed by atoms with Crippen LogP contribution in [0.3, 0.4) is 0 Å². The molecule has 36 heavy (non-hydrogen) atoms. The normalized spacial score (nSPS) is 18.8. The van der Waals surface area contributed by atoms with Gasteiger partial charge in [-0.3, -0.25) is 4.90 Å². The van der Waals surface area contributed by atoms with E-state index in [1.165, 1.54) is 35.2 Å². The van der Waals surface area contributed by atoms with Crippen LogP contribution in [0.2, 0.25) is 0 Å². The molecule has 0 aromatic heterocycles. The lowest BCUT2D eigenvalue weighted by molar-refractivity contribution is -0.138. The van der Waals surface area contributed by atoms with Gasteiger partial charge in [0.25, 0.3) is 0 Å². The number of urea groups is 1. The van der Waals surface area contributed by atoms with Crippen LogP contribution in [0, 0.1) is 11.3 Å². The van der Waals surface area contributed by atoms with Gasteiger partial charge in [-0.2, -0.15) is 13.2 Å². The van der Waals surface area contributed by atoms with Crippen LogP contribution in [0.15, 0.2) is 54.2 Å². The third-order valence-corrected chi connectivity index (χ3v) is 6.57. The summed E-state index contributed by atoms with van der Waals surface area (Å²) in [6.07, 6.45) is -1.98. The van der Waals surface area contributed by atoms with Crippen LogP contribution >= 0.6 is 0 Å². The first kappa shape index (κ1) is 27.3.